The summed E-state index contributed by atoms with van der Waals surface area (Å²) in [4.78, 5) is 18.1. The van der Waals surface area contributed by atoms with Crippen molar-refractivity contribution < 1.29 is 24.1 Å². The van der Waals surface area contributed by atoms with Crippen molar-refractivity contribution >= 4 is 5.97 Å². The van der Waals surface area contributed by atoms with Crippen LogP contribution in [0.3, 0.4) is 0 Å². The maximum absolute atomic E-state index is 10.6. The molecule has 0 amide bonds. The Balaban J connectivity index is 2.27. The van der Waals surface area contributed by atoms with Crippen molar-refractivity contribution in [2.24, 2.45) is 0 Å². The first kappa shape index (κ1) is 13.3. The summed E-state index contributed by atoms with van der Waals surface area (Å²) in [6, 6.07) is 0. The molecule has 1 aromatic heterocycles. The molecule has 1 rings (SSSR count). The number of carbonyl (C=O) groups is 1. The highest BCUT2D eigenvalue weighted by Gasteiger charge is 2.06. The first-order valence-corrected chi connectivity index (χ1v) is 4.99. The van der Waals surface area contributed by atoms with Gasteiger partial charge in [0.2, 0.25) is 5.88 Å². The van der Waals surface area contributed by atoms with Crippen molar-refractivity contribution in [3.8, 4) is 5.88 Å². The van der Waals surface area contributed by atoms with E-state index in [0.29, 0.717) is 19.8 Å². The average Bonchev–Trinajstić information content (AvgIpc) is 2.34. The molecule has 0 spiro atoms. The lowest BCUT2D eigenvalue weighted by molar-refractivity contribution is 0.0534. The third-order valence-corrected chi connectivity index (χ3v) is 1.74. The van der Waals surface area contributed by atoms with E-state index in [1.807, 2.05) is 0 Å². The zero-order chi connectivity index (χ0) is 12.5. The summed E-state index contributed by atoms with van der Waals surface area (Å²) in [5.41, 5.74) is -0.150. The fourth-order valence-electron chi connectivity index (χ4n) is 0.970. The molecule has 0 aliphatic rings. The predicted octanol–water partition coefficient (Wildman–Crippen LogP) is 0.217. The maximum Gasteiger partial charge on any atom is 0.356 e. The highest BCUT2D eigenvalue weighted by Crippen LogP contribution is 2.04. The lowest BCUT2D eigenvalue weighted by Gasteiger charge is -2.06. The van der Waals surface area contributed by atoms with Crippen molar-refractivity contribution in [2.45, 2.75) is 0 Å². The van der Waals surface area contributed by atoms with E-state index >= 15 is 0 Å². The van der Waals surface area contributed by atoms with Gasteiger partial charge in [0, 0.05) is 7.11 Å². The molecule has 0 aromatic carbocycles. The number of nitrogens with zero attached hydrogens (tertiary/aromatic N) is 2. The largest absolute Gasteiger partial charge is 0.476 e. The van der Waals surface area contributed by atoms with Crippen LogP contribution in [0.5, 0.6) is 5.88 Å². The molecule has 7 heteroatoms. The van der Waals surface area contributed by atoms with Gasteiger partial charge in [0.15, 0.2) is 5.69 Å². The SMILES string of the molecule is COCCOCCOc1cncc(C(=O)O)n1. The Hall–Kier alpha value is -1.73. The number of hydrogen-bond acceptors (Lipinski definition) is 6. The van der Waals surface area contributed by atoms with Crippen LogP contribution in [0, 0.1) is 0 Å². The van der Waals surface area contributed by atoms with Crippen molar-refractivity contribution in [1.82, 2.24) is 9.97 Å². The van der Waals surface area contributed by atoms with Crippen LogP contribution in [-0.2, 0) is 9.47 Å². The van der Waals surface area contributed by atoms with Crippen molar-refractivity contribution in [1.29, 1.82) is 0 Å². The lowest BCUT2D eigenvalue weighted by atomic mass is 10.5. The Labute approximate surface area is 98.4 Å². The van der Waals surface area contributed by atoms with Crippen molar-refractivity contribution in [2.75, 3.05) is 33.5 Å². The normalized spacial score (nSPS) is 10.2. The first-order chi connectivity index (χ1) is 8.24. The van der Waals surface area contributed by atoms with Crippen LogP contribution < -0.4 is 4.74 Å². The van der Waals surface area contributed by atoms with Crippen LogP contribution >= 0.6 is 0 Å². The van der Waals surface area contributed by atoms with Crippen LogP contribution in [0.15, 0.2) is 12.4 Å². The molecule has 0 radical (unpaired) electrons. The summed E-state index contributed by atoms with van der Waals surface area (Å²) < 4.78 is 15.1. The van der Waals surface area contributed by atoms with Gasteiger partial charge in [-0.15, -0.1) is 0 Å². The van der Waals surface area contributed by atoms with Crippen LogP contribution in [0.25, 0.3) is 0 Å². The maximum atomic E-state index is 10.6. The van der Waals surface area contributed by atoms with Crippen LogP contribution in [-0.4, -0.2) is 54.6 Å². The van der Waals surface area contributed by atoms with E-state index in [-0.39, 0.29) is 18.2 Å². The van der Waals surface area contributed by atoms with Crippen molar-refractivity contribution in [3.05, 3.63) is 18.1 Å². The fourth-order valence-corrected chi connectivity index (χ4v) is 0.970. The Kier molecular flexibility index (Phi) is 5.91. The average molecular weight is 242 g/mol. The minimum atomic E-state index is -1.14. The molecule has 7 nitrogen and oxygen atoms in total. The van der Waals surface area contributed by atoms with Gasteiger partial charge in [-0.05, 0) is 0 Å². The Morgan fingerprint density at radius 2 is 2.06 bits per heavy atom. The van der Waals surface area contributed by atoms with Gasteiger partial charge < -0.3 is 19.3 Å². The van der Waals surface area contributed by atoms with E-state index < -0.39 is 5.97 Å². The van der Waals surface area contributed by atoms with Gasteiger partial charge in [0.05, 0.1) is 32.2 Å². The van der Waals surface area contributed by atoms with Gasteiger partial charge >= 0.3 is 5.97 Å². The molecule has 0 atom stereocenters. The zero-order valence-electron chi connectivity index (χ0n) is 9.46. The Morgan fingerprint density at radius 1 is 1.29 bits per heavy atom. The van der Waals surface area contributed by atoms with E-state index in [0.717, 1.165) is 6.20 Å². The van der Waals surface area contributed by atoms with Gasteiger partial charge in [0.1, 0.15) is 6.61 Å². The molecule has 1 aromatic rings. The van der Waals surface area contributed by atoms with Crippen molar-refractivity contribution in [3.63, 3.8) is 0 Å². The second kappa shape index (κ2) is 7.53. The molecule has 17 heavy (non-hydrogen) atoms. The van der Waals surface area contributed by atoms with Crippen LogP contribution in [0.2, 0.25) is 0 Å². The molecule has 0 fully saturated rings. The standard InChI is InChI=1S/C10H14N2O5/c1-15-2-3-16-4-5-17-9-7-11-6-8(12-9)10(13)14/h6-7H,2-5H2,1H3,(H,13,14). The molecule has 0 unspecified atom stereocenters. The summed E-state index contributed by atoms with van der Waals surface area (Å²) in [5.74, 6) is -0.973. The summed E-state index contributed by atoms with van der Waals surface area (Å²) in [6.45, 7) is 1.67. The molecule has 0 aliphatic carbocycles. The smallest absolute Gasteiger partial charge is 0.356 e. The summed E-state index contributed by atoms with van der Waals surface area (Å²) in [5, 5.41) is 8.68. The number of carboxylic acid groups (broad SMARTS) is 1. The molecule has 0 saturated carbocycles. The van der Waals surface area contributed by atoms with E-state index in [4.69, 9.17) is 19.3 Å². The second-order valence-electron chi connectivity index (χ2n) is 3.00. The first-order valence-electron chi connectivity index (χ1n) is 4.99. The zero-order valence-corrected chi connectivity index (χ0v) is 9.46. The van der Waals surface area contributed by atoms with Crippen LogP contribution in [0.1, 0.15) is 10.5 Å². The highest BCUT2D eigenvalue weighted by atomic mass is 16.5. The third kappa shape index (κ3) is 5.23. The summed E-state index contributed by atoms with van der Waals surface area (Å²) in [7, 11) is 1.59. The molecular formula is C10H14N2O5. The predicted molar refractivity (Wildman–Crippen MR) is 57.2 cm³/mol. The molecule has 0 saturated heterocycles. The van der Waals surface area contributed by atoms with E-state index in [1.165, 1.54) is 6.20 Å². The van der Waals surface area contributed by atoms with Gasteiger partial charge in [-0.3, -0.25) is 4.98 Å². The molecule has 0 bridgehead atoms. The monoisotopic (exact) mass is 242 g/mol. The quantitative estimate of drug-likeness (QED) is 0.652. The molecule has 94 valence electrons. The van der Waals surface area contributed by atoms with Crippen LogP contribution in [0.4, 0.5) is 0 Å². The van der Waals surface area contributed by atoms with Gasteiger partial charge in [-0.25, -0.2) is 9.78 Å². The number of aromatic nitrogens is 2. The number of aromatic carboxylic acids is 1. The number of hydrogen-bond donors (Lipinski definition) is 1. The van der Waals surface area contributed by atoms with Gasteiger partial charge in [-0.2, -0.15) is 0 Å². The Morgan fingerprint density at radius 3 is 2.76 bits per heavy atom. The second-order valence-corrected chi connectivity index (χ2v) is 3.00. The van der Waals surface area contributed by atoms with E-state index in [1.54, 1.807) is 7.11 Å². The molecule has 1 heterocycles. The number of carboxylic acids is 1. The Bertz CT molecular complexity index is 358. The minimum Gasteiger partial charge on any atom is -0.476 e. The molecular weight excluding hydrogens is 228 g/mol. The van der Waals surface area contributed by atoms with E-state index in [9.17, 15) is 4.79 Å². The number of rotatable bonds is 8. The number of ether oxygens (including phenoxy) is 3. The lowest BCUT2D eigenvalue weighted by Crippen LogP contribution is -2.11. The minimum absolute atomic E-state index is 0.150. The van der Waals surface area contributed by atoms with Gasteiger partial charge in [-0.1, -0.05) is 0 Å². The van der Waals surface area contributed by atoms with Gasteiger partial charge in [0.25, 0.3) is 0 Å². The molecule has 1 N–H and O–H groups in total. The summed E-state index contributed by atoms with van der Waals surface area (Å²) >= 11 is 0. The van der Waals surface area contributed by atoms with E-state index in [2.05, 4.69) is 9.97 Å². The molecule has 0 aliphatic heterocycles. The third-order valence-electron chi connectivity index (χ3n) is 1.74. The summed E-state index contributed by atoms with van der Waals surface area (Å²) in [6.07, 6.45) is 2.51. The topological polar surface area (TPSA) is 90.8 Å². The fraction of sp³-hybridized carbons (Fsp3) is 0.500. The number of methoxy groups -OCH3 is 1. The highest BCUT2D eigenvalue weighted by molar-refractivity contribution is 5.84.